The van der Waals surface area contributed by atoms with Gasteiger partial charge in [0.25, 0.3) is 0 Å². The van der Waals surface area contributed by atoms with Crippen LogP contribution < -0.4 is 5.32 Å². The number of rotatable bonds is 9. The van der Waals surface area contributed by atoms with E-state index in [1.54, 1.807) is 24.3 Å². The van der Waals surface area contributed by atoms with E-state index in [9.17, 15) is 14.7 Å². The van der Waals surface area contributed by atoms with Gasteiger partial charge in [0, 0.05) is 13.0 Å². The van der Waals surface area contributed by atoms with Crippen LogP contribution in [0.2, 0.25) is 0 Å². The van der Waals surface area contributed by atoms with Gasteiger partial charge in [-0.25, -0.2) is 0 Å². The first-order chi connectivity index (χ1) is 9.58. The number of hydrogen-bond acceptors (Lipinski definition) is 3. The van der Waals surface area contributed by atoms with Gasteiger partial charge in [-0.1, -0.05) is 25.0 Å². The van der Waals surface area contributed by atoms with Crippen molar-refractivity contribution in [2.24, 2.45) is 0 Å². The molecule has 0 aliphatic heterocycles. The summed E-state index contributed by atoms with van der Waals surface area (Å²) in [5.74, 6) is -0.667. The van der Waals surface area contributed by atoms with E-state index in [4.69, 9.17) is 5.11 Å². The lowest BCUT2D eigenvalue weighted by molar-refractivity contribution is -0.137. The summed E-state index contributed by atoms with van der Waals surface area (Å²) in [4.78, 5) is 21.9. The number of carbonyl (C=O) groups excluding carboxylic acids is 1. The van der Waals surface area contributed by atoms with Crippen LogP contribution in [0.4, 0.5) is 0 Å². The van der Waals surface area contributed by atoms with Crippen LogP contribution in [0.5, 0.6) is 5.75 Å². The van der Waals surface area contributed by atoms with E-state index in [1.807, 2.05) is 0 Å². The van der Waals surface area contributed by atoms with Crippen molar-refractivity contribution >= 4 is 11.9 Å². The minimum Gasteiger partial charge on any atom is -0.508 e. The summed E-state index contributed by atoms with van der Waals surface area (Å²) in [6.45, 7) is 0.602. The average Bonchev–Trinajstić information content (AvgIpc) is 2.37. The first kappa shape index (κ1) is 16.0. The molecule has 0 saturated carbocycles. The second-order valence-electron chi connectivity index (χ2n) is 4.75. The first-order valence-corrected chi connectivity index (χ1v) is 6.84. The molecule has 0 atom stereocenters. The van der Waals surface area contributed by atoms with Crippen LogP contribution in [0.3, 0.4) is 0 Å². The monoisotopic (exact) mass is 279 g/mol. The van der Waals surface area contributed by atoms with Crippen LogP contribution in [0, 0.1) is 0 Å². The molecule has 0 aromatic heterocycles. The number of carbonyl (C=O) groups is 2. The van der Waals surface area contributed by atoms with Gasteiger partial charge >= 0.3 is 5.97 Å². The summed E-state index contributed by atoms with van der Waals surface area (Å²) in [5, 5.41) is 20.6. The smallest absolute Gasteiger partial charge is 0.303 e. The minimum absolute atomic E-state index is 0.0684. The summed E-state index contributed by atoms with van der Waals surface area (Å²) in [5.41, 5.74) is 0.781. The molecule has 0 aliphatic rings. The van der Waals surface area contributed by atoms with Crippen LogP contribution in [-0.4, -0.2) is 28.6 Å². The number of amides is 1. The Bertz CT molecular complexity index is 445. The maximum Gasteiger partial charge on any atom is 0.303 e. The topological polar surface area (TPSA) is 86.6 Å². The lowest BCUT2D eigenvalue weighted by atomic mass is 10.1. The van der Waals surface area contributed by atoms with Crippen molar-refractivity contribution in [3.8, 4) is 5.75 Å². The van der Waals surface area contributed by atoms with Gasteiger partial charge in [-0.3, -0.25) is 9.59 Å². The summed E-state index contributed by atoms with van der Waals surface area (Å²) in [6.07, 6.45) is 3.80. The number of phenols is 1. The van der Waals surface area contributed by atoms with Gasteiger partial charge in [-0.15, -0.1) is 0 Å². The Balaban J connectivity index is 2.07. The van der Waals surface area contributed by atoms with E-state index < -0.39 is 5.97 Å². The zero-order valence-electron chi connectivity index (χ0n) is 11.5. The second-order valence-corrected chi connectivity index (χ2v) is 4.75. The lowest BCUT2D eigenvalue weighted by Crippen LogP contribution is -2.26. The van der Waals surface area contributed by atoms with Crippen LogP contribution in [0.1, 0.15) is 37.7 Å². The molecule has 1 aromatic carbocycles. The summed E-state index contributed by atoms with van der Waals surface area (Å²) in [6, 6.07) is 6.65. The van der Waals surface area contributed by atoms with Crippen LogP contribution in [-0.2, 0) is 16.0 Å². The fourth-order valence-electron chi connectivity index (χ4n) is 1.90. The van der Waals surface area contributed by atoms with Gasteiger partial charge < -0.3 is 15.5 Å². The average molecular weight is 279 g/mol. The van der Waals surface area contributed by atoms with E-state index in [0.29, 0.717) is 13.0 Å². The number of aliphatic carboxylic acids is 1. The van der Waals surface area contributed by atoms with Crippen molar-refractivity contribution in [1.29, 1.82) is 0 Å². The third kappa shape index (κ3) is 7.41. The highest BCUT2D eigenvalue weighted by molar-refractivity contribution is 5.78. The highest BCUT2D eigenvalue weighted by Crippen LogP contribution is 2.11. The molecule has 110 valence electrons. The Hall–Kier alpha value is -2.04. The molecule has 0 saturated heterocycles. The lowest BCUT2D eigenvalue weighted by Gasteiger charge is -2.05. The molecular weight excluding hydrogens is 258 g/mol. The molecule has 0 bridgehead atoms. The molecule has 0 aliphatic carbocycles. The van der Waals surface area contributed by atoms with Gasteiger partial charge in [0.1, 0.15) is 5.75 Å². The summed E-state index contributed by atoms with van der Waals surface area (Å²) < 4.78 is 0. The highest BCUT2D eigenvalue weighted by Gasteiger charge is 2.03. The maximum absolute atomic E-state index is 11.6. The van der Waals surface area contributed by atoms with Gasteiger partial charge in [0.15, 0.2) is 0 Å². The number of phenolic OH excluding ortho intramolecular Hbond substituents is 1. The quantitative estimate of drug-likeness (QED) is 0.604. The molecule has 1 amide bonds. The second kappa shape index (κ2) is 8.96. The van der Waals surface area contributed by atoms with Gasteiger partial charge in [-0.05, 0) is 30.5 Å². The normalized spacial score (nSPS) is 10.2. The van der Waals surface area contributed by atoms with Crippen LogP contribution in [0.25, 0.3) is 0 Å². The van der Waals surface area contributed by atoms with Crippen molar-refractivity contribution in [2.75, 3.05) is 6.54 Å². The molecule has 1 aromatic rings. The standard InChI is InChI=1S/C15H21NO4/c17-13-7-5-6-12(10-13)11-14(18)16-9-4-2-1-3-8-15(19)20/h5-7,10,17H,1-4,8-9,11H2,(H,16,18)(H,19,20). The molecule has 3 N–H and O–H groups in total. The number of carboxylic acid groups (broad SMARTS) is 1. The van der Waals surface area contributed by atoms with Crippen molar-refractivity contribution in [3.05, 3.63) is 29.8 Å². The van der Waals surface area contributed by atoms with Gasteiger partial charge in [-0.2, -0.15) is 0 Å². The number of aromatic hydroxyl groups is 1. The molecule has 5 nitrogen and oxygen atoms in total. The number of unbranched alkanes of at least 4 members (excludes halogenated alkanes) is 3. The van der Waals surface area contributed by atoms with Crippen molar-refractivity contribution in [2.45, 2.75) is 38.5 Å². The predicted octanol–water partition coefficient (Wildman–Crippen LogP) is 2.09. The Kier molecular flexibility index (Phi) is 7.17. The van der Waals surface area contributed by atoms with Gasteiger partial charge in [0.2, 0.25) is 5.91 Å². The number of carboxylic acids is 1. The van der Waals surface area contributed by atoms with Crippen molar-refractivity contribution in [1.82, 2.24) is 5.32 Å². The summed E-state index contributed by atoms with van der Waals surface area (Å²) in [7, 11) is 0. The fourth-order valence-corrected chi connectivity index (χ4v) is 1.90. The molecule has 20 heavy (non-hydrogen) atoms. The highest BCUT2D eigenvalue weighted by atomic mass is 16.4. The Morgan fingerprint density at radius 2 is 1.85 bits per heavy atom. The van der Waals surface area contributed by atoms with Gasteiger partial charge in [0.05, 0.1) is 6.42 Å². The van der Waals surface area contributed by atoms with E-state index in [-0.39, 0.29) is 24.5 Å². The maximum atomic E-state index is 11.6. The Morgan fingerprint density at radius 1 is 1.10 bits per heavy atom. The molecule has 0 spiro atoms. The van der Waals surface area contributed by atoms with E-state index >= 15 is 0 Å². The largest absolute Gasteiger partial charge is 0.508 e. The minimum atomic E-state index is -0.760. The fraction of sp³-hybridized carbons (Fsp3) is 0.467. The number of hydrogen-bond donors (Lipinski definition) is 3. The third-order valence-electron chi connectivity index (χ3n) is 2.91. The van der Waals surface area contributed by atoms with E-state index in [1.165, 1.54) is 0 Å². The molecule has 0 heterocycles. The summed E-state index contributed by atoms with van der Waals surface area (Å²) >= 11 is 0. The molecule has 5 heteroatoms. The number of benzene rings is 1. The number of nitrogens with one attached hydrogen (secondary N) is 1. The molecule has 0 unspecified atom stereocenters. The Labute approximate surface area is 118 Å². The third-order valence-corrected chi connectivity index (χ3v) is 2.91. The van der Waals surface area contributed by atoms with E-state index in [0.717, 1.165) is 24.8 Å². The van der Waals surface area contributed by atoms with E-state index in [2.05, 4.69) is 5.32 Å². The molecule has 1 rings (SSSR count). The predicted molar refractivity (Wildman–Crippen MR) is 75.5 cm³/mol. The van der Waals surface area contributed by atoms with Crippen molar-refractivity contribution < 1.29 is 19.8 Å². The zero-order chi connectivity index (χ0) is 14.8. The van der Waals surface area contributed by atoms with Crippen molar-refractivity contribution in [3.63, 3.8) is 0 Å². The first-order valence-electron chi connectivity index (χ1n) is 6.84. The SMILES string of the molecule is O=C(O)CCCCCCNC(=O)Cc1cccc(O)c1. The molecular formula is C15H21NO4. The van der Waals surface area contributed by atoms with Crippen LogP contribution in [0.15, 0.2) is 24.3 Å². The molecule has 0 fully saturated rings. The van der Waals surface area contributed by atoms with Crippen LogP contribution >= 0.6 is 0 Å². The zero-order valence-corrected chi connectivity index (χ0v) is 11.5. The Morgan fingerprint density at radius 3 is 2.55 bits per heavy atom. The molecule has 0 radical (unpaired) electrons.